The smallest absolute Gasteiger partial charge is 0.366 e. The minimum atomic E-state index is -2.36. The molecule has 1 amide bonds. The standard InChI is InChI=1S/C57H81Cl3N2O22/c1-26-21-56(55(70)71-14,83-47(27(26)2)31(6)42(76-37(12)67)23-73-35(10)65)84-49-30(5)40(20-45(61)57(58,59)60)78-44(25-75-52(69)39-18-16-15-17-19-39)51(49)82-53-46(62-33(8)63)48(32(7)43(79-53)24-74-36(11)66)81-54-50(77-38(13)68)29(4)28(3)41(80-54)22-72-34(9)64/h15-19,26-32,40-44,46-51,53-54,61H,20-25H2,1-14H3,(H,62,63)/t26?,27-,28+,29-,30?,31+,32-,40?,41?,42+,43?,44?,46?,47+,48-,49+,50?,51-,53-,54-,56-/m0/s1. The minimum absolute atomic E-state index is 0.158. The Morgan fingerprint density at radius 2 is 1.21 bits per heavy atom. The lowest BCUT2D eigenvalue weighted by Gasteiger charge is -2.53. The topological polar surface area (TPSA) is 302 Å². The molecular weight excluding hydrogens is 1170 g/mol. The van der Waals surface area contributed by atoms with Gasteiger partial charge in [0.15, 0.2) is 18.7 Å². The Morgan fingerprint density at radius 3 is 1.76 bits per heavy atom. The summed E-state index contributed by atoms with van der Waals surface area (Å²) in [6.07, 6.45) is -15.6. The van der Waals surface area contributed by atoms with Crippen molar-refractivity contribution in [3.63, 3.8) is 0 Å². The van der Waals surface area contributed by atoms with Gasteiger partial charge in [-0.15, -0.1) is 0 Å². The molecule has 472 valence electrons. The molecule has 1 aromatic carbocycles. The number of rotatable bonds is 23. The number of ether oxygens (including phenoxy) is 14. The molecular formula is C57H81Cl3N2O22. The van der Waals surface area contributed by atoms with E-state index in [0.29, 0.717) is 0 Å². The van der Waals surface area contributed by atoms with Gasteiger partial charge in [-0.1, -0.05) is 101 Å². The summed E-state index contributed by atoms with van der Waals surface area (Å²) in [5.74, 6) is -12.3. The number of esters is 7. The third-order valence-electron chi connectivity index (χ3n) is 16.0. The molecule has 21 atom stereocenters. The maximum Gasteiger partial charge on any atom is 0.366 e. The molecule has 5 rings (SSSR count). The first-order chi connectivity index (χ1) is 39.3. The molecule has 0 bridgehead atoms. The molecule has 0 spiro atoms. The zero-order valence-corrected chi connectivity index (χ0v) is 52.1. The van der Waals surface area contributed by atoms with Crippen LogP contribution in [0.3, 0.4) is 0 Å². The highest BCUT2D eigenvalue weighted by molar-refractivity contribution is 6.76. The van der Waals surface area contributed by atoms with Crippen molar-refractivity contribution in [1.82, 2.24) is 5.32 Å². The highest BCUT2D eigenvalue weighted by Crippen LogP contribution is 2.47. The van der Waals surface area contributed by atoms with E-state index in [1.807, 2.05) is 27.7 Å². The number of methoxy groups -OCH3 is 1. The van der Waals surface area contributed by atoms with Gasteiger partial charge in [0.2, 0.25) is 9.70 Å². The van der Waals surface area contributed by atoms with Gasteiger partial charge in [-0.25, -0.2) is 9.59 Å². The molecule has 4 aliphatic rings. The first kappa shape index (κ1) is 70.0. The third kappa shape index (κ3) is 18.4. The molecule has 24 nitrogen and oxygen atoms in total. The molecule has 0 radical (unpaired) electrons. The van der Waals surface area contributed by atoms with Gasteiger partial charge in [0.1, 0.15) is 50.8 Å². The number of amides is 1. The maximum atomic E-state index is 14.8. The van der Waals surface area contributed by atoms with Crippen LogP contribution < -0.4 is 5.32 Å². The van der Waals surface area contributed by atoms with Crippen LogP contribution >= 0.6 is 34.8 Å². The number of halogens is 3. The summed E-state index contributed by atoms with van der Waals surface area (Å²) in [7, 11) is 1.12. The molecule has 84 heavy (non-hydrogen) atoms. The number of hydrogen-bond acceptors (Lipinski definition) is 23. The lowest BCUT2D eigenvalue weighted by molar-refractivity contribution is -0.370. The molecule has 4 heterocycles. The lowest BCUT2D eigenvalue weighted by atomic mass is 9.76. The van der Waals surface area contributed by atoms with Gasteiger partial charge in [0, 0.05) is 78.1 Å². The predicted octanol–water partition coefficient (Wildman–Crippen LogP) is 6.16. The lowest BCUT2D eigenvalue weighted by Crippen LogP contribution is -2.68. The van der Waals surface area contributed by atoms with E-state index in [2.05, 4.69) is 5.32 Å². The highest BCUT2D eigenvalue weighted by atomic mass is 35.6. The summed E-state index contributed by atoms with van der Waals surface area (Å²) in [6.45, 7) is 18.1. The van der Waals surface area contributed by atoms with Crippen molar-refractivity contribution < 1.29 is 105 Å². The second kappa shape index (κ2) is 30.7. The number of hydrogen-bond donors (Lipinski definition) is 2. The van der Waals surface area contributed by atoms with E-state index in [-0.39, 0.29) is 37.5 Å². The molecule has 0 aromatic heterocycles. The molecule has 1 aromatic rings. The Morgan fingerprint density at radius 1 is 0.655 bits per heavy atom. The van der Waals surface area contributed by atoms with Gasteiger partial charge >= 0.3 is 41.8 Å². The Bertz CT molecular complexity index is 2470. The van der Waals surface area contributed by atoms with Crippen LogP contribution in [0, 0.1) is 46.8 Å². The summed E-state index contributed by atoms with van der Waals surface area (Å²) >= 11 is 18.9. The van der Waals surface area contributed by atoms with Crippen LogP contribution in [-0.4, -0.2) is 176 Å². The maximum absolute atomic E-state index is 14.8. The molecule has 4 saturated heterocycles. The van der Waals surface area contributed by atoms with E-state index in [0.717, 1.165) is 7.11 Å². The van der Waals surface area contributed by atoms with Crippen molar-refractivity contribution in [2.24, 2.45) is 41.4 Å². The van der Waals surface area contributed by atoms with E-state index in [1.165, 1.54) is 53.7 Å². The van der Waals surface area contributed by atoms with E-state index in [4.69, 9.17) is 107 Å². The monoisotopic (exact) mass is 1250 g/mol. The quantitative estimate of drug-likeness (QED) is 0.0536. The number of benzene rings is 1. The van der Waals surface area contributed by atoms with Crippen molar-refractivity contribution in [3.05, 3.63) is 35.9 Å². The second-order valence-corrected chi connectivity index (χ2v) is 24.5. The van der Waals surface area contributed by atoms with Crippen LogP contribution in [0.4, 0.5) is 0 Å². The second-order valence-electron chi connectivity index (χ2n) is 22.2. The SMILES string of the molecule is COC(=O)[C@@]1(O[C@@H]2C(C)C(CC(=N)C(Cl)(Cl)Cl)OC(COC(=O)c3ccccc3)[C@@H]2O[C@@H]2OC(COC(C)=O)[C@H](C)[C@H](O[C@@H]3OC(COC(C)=O)[C@H](C)[C@H](C)C3OC(C)=O)C2NC(C)=O)CC(C)[C@H](C)[C@H]([C@H](C)[C@@H](COC(C)=O)OC(C)=O)O1. The minimum Gasteiger partial charge on any atom is -0.465 e. The van der Waals surface area contributed by atoms with E-state index in [1.54, 1.807) is 39.0 Å². The van der Waals surface area contributed by atoms with Crippen molar-refractivity contribution in [1.29, 1.82) is 5.41 Å². The zero-order chi connectivity index (χ0) is 62.7. The average Bonchev–Trinajstić information content (AvgIpc) is 1.06. The number of carbonyl (C=O) groups is 8. The molecule has 2 N–H and O–H groups in total. The molecule has 0 aliphatic carbocycles. The number of carbonyl (C=O) groups excluding carboxylic acids is 8. The first-order valence-corrected chi connectivity index (χ1v) is 29.0. The average molecular weight is 1250 g/mol. The van der Waals surface area contributed by atoms with E-state index >= 15 is 0 Å². The fourth-order valence-corrected chi connectivity index (χ4v) is 11.3. The van der Waals surface area contributed by atoms with Crippen LogP contribution in [0.2, 0.25) is 0 Å². The molecule has 27 heteroatoms. The van der Waals surface area contributed by atoms with Gasteiger partial charge in [0.05, 0.1) is 55.0 Å². The van der Waals surface area contributed by atoms with Crippen molar-refractivity contribution in [2.75, 3.05) is 33.5 Å². The Balaban J connectivity index is 1.74. The van der Waals surface area contributed by atoms with Crippen molar-refractivity contribution >= 4 is 88.2 Å². The number of nitrogens with one attached hydrogen (secondary N) is 2. The normalized spacial score (nSPS) is 34.1. The van der Waals surface area contributed by atoms with Crippen LogP contribution in [0.1, 0.15) is 113 Å². The Labute approximate surface area is 504 Å². The molecule has 8 unspecified atom stereocenters. The Kier molecular flexibility index (Phi) is 25.6. The highest BCUT2D eigenvalue weighted by Gasteiger charge is 2.60. The van der Waals surface area contributed by atoms with Crippen LogP contribution in [0.25, 0.3) is 0 Å². The summed E-state index contributed by atoms with van der Waals surface area (Å²) in [6, 6.07) is 6.64. The summed E-state index contributed by atoms with van der Waals surface area (Å²) in [5.41, 5.74) is -0.260. The summed E-state index contributed by atoms with van der Waals surface area (Å²) < 4.78 is 85.1. The fraction of sp³-hybridized carbons (Fsp3) is 0.737. The zero-order valence-electron chi connectivity index (χ0n) is 49.8. The van der Waals surface area contributed by atoms with Gasteiger partial charge in [-0.3, -0.25) is 28.8 Å². The van der Waals surface area contributed by atoms with Crippen molar-refractivity contribution in [3.8, 4) is 0 Å². The summed E-state index contributed by atoms with van der Waals surface area (Å²) in [4.78, 5) is 104. The molecule has 4 aliphatic heterocycles. The van der Waals surface area contributed by atoms with Gasteiger partial charge in [0.25, 0.3) is 5.79 Å². The number of alkyl halides is 3. The predicted molar refractivity (Wildman–Crippen MR) is 297 cm³/mol. The van der Waals surface area contributed by atoms with Crippen LogP contribution in [0.5, 0.6) is 0 Å². The first-order valence-electron chi connectivity index (χ1n) is 27.9. The molecule has 0 saturated carbocycles. The van der Waals surface area contributed by atoms with Crippen LogP contribution in [-0.2, 0) is 99.9 Å². The third-order valence-corrected chi connectivity index (χ3v) is 16.7. The Hall–Kier alpha value is -4.76. The van der Waals surface area contributed by atoms with Gasteiger partial charge in [-0.2, -0.15) is 0 Å². The largest absolute Gasteiger partial charge is 0.465 e. The van der Waals surface area contributed by atoms with Gasteiger partial charge in [-0.05, 0) is 29.9 Å². The van der Waals surface area contributed by atoms with Crippen molar-refractivity contribution in [2.45, 2.75) is 192 Å². The summed E-state index contributed by atoms with van der Waals surface area (Å²) in [5, 5.41) is 11.8. The van der Waals surface area contributed by atoms with E-state index in [9.17, 15) is 38.4 Å². The molecule has 4 fully saturated rings. The van der Waals surface area contributed by atoms with E-state index < -0.39 is 191 Å². The fourth-order valence-electron chi connectivity index (χ4n) is 11.0. The van der Waals surface area contributed by atoms with Crippen LogP contribution in [0.15, 0.2) is 30.3 Å². The van der Waals surface area contributed by atoms with Gasteiger partial charge < -0.3 is 77.0 Å².